The van der Waals surface area contributed by atoms with Gasteiger partial charge in [-0.05, 0) is 12.5 Å². The Kier molecular flexibility index (Phi) is 6.40. The van der Waals surface area contributed by atoms with Crippen LogP contribution in [0.3, 0.4) is 0 Å². The summed E-state index contributed by atoms with van der Waals surface area (Å²) < 4.78 is 5.47. The van der Waals surface area contributed by atoms with Crippen LogP contribution < -0.4 is 10.1 Å². The van der Waals surface area contributed by atoms with E-state index >= 15 is 0 Å². The highest BCUT2D eigenvalue weighted by molar-refractivity contribution is 5.33. The highest BCUT2D eigenvalue weighted by atomic mass is 16.5. The zero-order valence-electron chi connectivity index (χ0n) is 10.6. The SMILES string of the molecule is C#CCOc1ccccc1CNC(CC)CC#N. The van der Waals surface area contributed by atoms with E-state index in [1.807, 2.05) is 24.3 Å². The van der Waals surface area contributed by atoms with Crippen LogP contribution in [-0.4, -0.2) is 12.6 Å². The summed E-state index contributed by atoms with van der Waals surface area (Å²) in [6, 6.07) is 10.2. The molecular weight excluding hydrogens is 224 g/mol. The quantitative estimate of drug-likeness (QED) is 0.747. The Morgan fingerprint density at radius 1 is 1.44 bits per heavy atom. The van der Waals surface area contributed by atoms with Gasteiger partial charge in [0.1, 0.15) is 12.4 Å². The topological polar surface area (TPSA) is 45.0 Å². The number of nitriles is 1. The molecule has 0 amide bonds. The molecule has 0 heterocycles. The molecule has 0 saturated heterocycles. The molecule has 1 rings (SSSR count). The summed E-state index contributed by atoms with van der Waals surface area (Å²) in [6.07, 6.45) is 6.63. The maximum atomic E-state index is 8.70. The molecule has 3 heteroatoms. The number of para-hydroxylation sites is 1. The van der Waals surface area contributed by atoms with Crippen molar-refractivity contribution in [2.45, 2.75) is 32.4 Å². The molecule has 0 radical (unpaired) electrons. The van der Waals surface area contributed by atoms with Gasteiger partial charge in [0.25, 0.3) is 0 Å². The van der Waals surface area contributed by atoms with Gasteiger partial charge in [0, 0.05) is 18.2 Å². The van der Waals surface area contributed by atoms with Gasteiger partial charge in [0.15, 0.2) is 0 Å². The van der Waals surface area contributed by atoms with Gasteiger partial charge in [0.2, 0.25) is 0 Å². The van der Waals surface area contributed by atoms with Crippen LogP contribution >= 0.6 is 0 Å². The molecule has 0 aliphatic rings. The number of ether oxygens (including phenoxy) is 1. The van der Waals surface area contributed by atoms with Crippen molar-refractivity contribution in [1.82, 2.24) is 5.32 Å². The van der Waals surface area contributed by atoms with Crippen molar-refractivity contribution >= 4 is 0 Å². The lowest BCUT2D eigenvalue weighted by atomic mass is 10.1. The molecule has 0 aromatic heterocycles. The molecule has 0 fully saturated rings. The fourth-order valence-corrected chi connectivity index (χ4v) is 1.64. The molecule has 1 atom stereocenters. The minimum absolute atomic E-state index is 0.218. The Hall–Kier alpha value is -1.97. The molecule has 1 aromatic carbocycles. The van der Waals surface area contributed by atoms with Crippen LogP contribution in [0.5, 0.6) is 5.75 Å². The Bertz CT molecular complexity index is 443. The van der Waals surface area contributed by atoms with Crippen molar-refractivity contribution in [2.75, 3.05) is 6.61 Å². The highest BCUT2D eigenvalue weighted by Crippen LogP contribution is 2.17. The summed E-state index contributed by atoms with van der Waals surface area (Å²) in [5, 5.41) is 12.0. The second-order valence-corrected chi connectivity index (χ2v) is 3.95. The van der Waals surface area contributed by atoms with Crippen molar-refractivity contribution in [3.05, 3.63) is 29.8 Å². The van der Waals surface area contributed by atoms with Crippen molar-refractivity contribution in [1.29, 1.82) is 5.26 Å². The number of terminal acetylenes is 1. The van der Waals surface area contributed by atoms with E-state index < -0.39 is 0 Å². The monoisotopic (exact) mass is 242 g/mol. The van der Waals surface area contributed by atoms with Crippen LogP contribution in [0.4, 0.5) is 0 Å². The Morgan fingerprint density at radius 3 is 2.89 bits per heavy atom. The maximum absolute atomic E-state index is 8.70. The maximum Gasteiger partial charge on any atom is 0.148 e. The van der Waals surface area contributed by atoms with Crippen LogP contribution in [0.2, 0.25) is 0 Å². The third-order valence-electron chi connectivity index (χ3n) is 2.70. The Labute approximate surface area is 109 Å². The molecule has 1 unspecified atom stereocenters. The van der Waals surface area contributed by atoms with Gasteiger partial charge in [-0.15, -0.1) is 6.42 Å². The van der Waals surface area contributed by atoms with Crippen LogP contribution in [0.15, 0.2) is 24.3 Å². The second-order valence-electron chi connectivity index (χ2n) is 3.95. The van der Waals surface area contributed by atoms with Crippen molar-refractivity contribution in [2.24, 2.45) is 0 Å². The van der Waals surface area contributed by atoms with E-state index in [2.05, 4.69) is 24.2 Å². The lowest BCUT2D eigenvalue weighted by molar-refractivity contribution is 0.363. The van der Waals surface area contributed by atoms with Crippen LogP contribution in [-0.2, 0) is 6.54 Å². The third kappa shape index (κ3) is 4.49. The fraction of sp³-hybridized carbons (Fsp3) is 0.400. The summed E-state index contributed by atoms with van der Waals surface area (Å²) in [5.74, 6) is 3.25. The van der Waals surface area contributed by atoms with E-state index in [-0.39, 0.29) is 12.6 Å². The minimum Gasteiger partial charge on any atom is -0.481 e. The van der Waals surface area contributed by atoms with E-state index in [9.17, 15) is 0 Å². The first-order chi connectivity index (χ1) is 8.81. The fourth-order valence-electron chi connectivity index (χ4n) is 1.64. The molecule has 0 bridgehead atoms. The highest BCUT2D eigenvalue weighted by Gasteiger charge is 2.07. The number of nitrogens with zero attached hydrogens (tertiary/aromatic N) is 1. The Balaban J connectivity index is 2.61. The lowest BCUT2D eigenvalue weighted by Gasteiger charge is -2.15. The molecule has 3 nitrogen and oxygen atoms in total. The van der Waals surface area contributed by atoms with Gasteiger partial charge in [-0.25, -0.2) is 0 Å². The summed E-state index contributed by atoms with van der Waals surface area (Å²) in [7, 11) is 0. The first kappa shape index (κ1) is 14.1. The molecule has 18 heavy (non-hydrogen) atoms. The zero-order valence-corrected chi connectivity index (χ0v) is 10.6. The molecule has 0 saturated carbocycles. The molecule has 0 aliphatic carbocycles. The van der Waals surface area contributed by atoms with Gasteiger partial charge in [-0.2, -0.15) is 5.26 Å². The summed E-state index contributed by atoms with van der Waals surface area (Å²) in [4.78, 5) is 0. The number of nitrogens with one attached hydrogen (secondary N) is 1. The second kappa shape index (κ2) is 8.17. The first-order valence-corrected chi connectivity index (χ1v) is 6.06. The van der Waals surface area contributed by atoms with Gasteiger partial charge in [0.05, 0.1) is 12.5 Å². The number of rotatable bonds is 7. The summed E-state index contributed by atoms with van der Waals surface area (Å²) in [5.41, 5.74) is 1.06. The van der Waals surface area contributed by atoms with E-state index in [1.54, 1.807) is 0 Å². The van der Waals surface area contributed by atoms with E-state index in [4.69, 9.17) is 16.4 Å². The molecule has 0 spiro atoms. The summed E-state index contributed by atoms with van der Waals surface area (Å²) in [6.45, 7) is 3.02. The standard InChI is InChI=1S/C15H18N2O/c1-3-11-18-15-8-6-5-7-13(15)12-17-14(4-2)9-10-16/h1,5-8,14,17H,4,9,11-12H2,2H3. The number of hydrogen-bond donors (Lipinski definition) is 1. The van der Waals surface area contributed by atoms with E-state index in [1.165, 1.54) is 0 Å². The first-order valence-electron chi connectivity index (χ1n) is 6.06. The van der Waals surface area contributed by atoms with Gasteiger partial charge < -0.3 is 10.1 Å². The van der Waals surface area contributed by atoms with Crippen LogP contribution in [0, 0.1) is 23.7 Å². The van der Waals surface area contributed by atoms with Crippen LogP contribution in [0.1, 0.15) is 25.3 Å². The van der Waals surface area contributed by atoms with Gasteiger partial charge >= 0.3 is 0 Å². The average Bonchev–Trinajstić information content (AvgIpc) is 2.42. The minimum atomic E-state index is 0.218. The number of hydrogen-bond acceptors (Lipinski definition) is 3. The Morgan fingerprint density at radius 2 is 2.22 bits per heavy atom. The molecule has 1 aromatic rings. The molecule has 1 N–H and O–H groups in total. The predicted octanol–water partition coefficient (Wildman–Crippen LogP) is 2.48. The molecule has 94 valence electrons. The molecular formula is C15H18N2O. The van der Waals surface area contributed by atoms with Crippen molar-refractivity contribution < 1.29 is 4.74 Å². The lowest BCUT2D eigenvalue weighted by Crippen LogP contribution is -2.27. The third-order valence-corrected chi connectivity index (χ3v) is 2.70. The normalized spacial score (nSPS) is 11.3. The van der Waals surface area contributed by atoms with E-state index in [0.29, 0.717) is 13.0 Å². The largest absolute Gasteiger partial charge is 0.481 e. The summed E-state index contributed by atoms with van der Waals surface area (Å²) >= 11 is 0. The van der Waals surface area contributed by atoms with E-state index in [0.717, 1.165) is 17.7 Å². The van der Waals surface area contributed by atoms with Crippen LogP contribution in [0.25, 0.3) is 0 Å². The average molecular weight is 242 g/mol. The molecule has 0 aliphatic heterocycles. The van der Waals surface area contributed by atoms with Crippen molar-refractivity contribution in [3.8, 4) is 24.2 Å². The van der Waals surface area contributed by atoms with Gasteiger partial charge in [-0.1, -0.05) is 31.0 Å². The van der Waals surface area contributed by atoms with Crippen molar-refractivity contribution in [3.63, 3.8) is 0 Å². The predicted molar refractivity (Wildman–Crippen MR) is 71.9 cm³/mol. The van der Waals surface area contributed by atoms with Gasteiger partial charge in [-0.3, -0.25) is 0 Å². The number of benzene rings is 1. The smallest absolute Gasteiger partial charge is 0.148 e. The zero-order chi connectivity index (χ0) is 13.2.